The van der Waals surface area contributed by atoms with Crippen molar-refractivity contribution in [2.45, 2.75) is 6.92 Å². The normalized spacial score (nSPS) is 13.5. The second-order valence-corrected chi connectivity index (χ2v) is 11.1. The Bertz CT molecular complexity index is 1420. The summed E-state index contributed by atoms with van der Waals surface area (Å²) in [4.78, 5) is 29.5. The summed E-state index contributed by atoms with van der Waals surface area (Å²) in [6.07, 6.45) is 0. The van der Waals surface area contributed by atoms with E-state index in [-0.39, 0.29) is 17.9 Å². The van der Waals surface area contributed by atoms with Crippen LogP contribution in [0.3, 0.4) is 0 Å². The molecule has 1 aliphatic heterocycles. The molecule has 0 radical (unpaired) electrons. The largest absolute Gasteiger partial charge is 0.380 e. The van der Waals surface area contributed by atoms with Gasteiger partial charge in [0.05, 0.1) is 57.5 Å². The molecule has 256 valence electrons. The molecule has 47 heavy (non-hydrogen) atoms. The number of carbonyl (C=O) groups is 1. The molecule has 3 aromatic rings. The van der Waals surface area contributed by atoms with Gasteiger partial charge >= 0.3 is 6.03 Å². The lowest BCUT2D eigenvalue weighted by atomic mass is 10.1. The monoisotopic (exact) mass is 671 g/mol. The first-order valence-electron chi connectivity index (χ1n) is 15.9. The maximum absolute atomic E-state index is 11.6. The van der Waals surface area contributed by atoms with Crippen molar-refractivity contribution in [3.63, 3.8) is 0 Å². The van der Waals surface area contributed by atoms with Crippen LogP contribution in [-0.2, 0) is 18.9 Å². The van der Waals surface area contributed by atoms with Crippen LogP contribution in [0.1, 0.15) is 6.92 Å². The smallest absolute Gasteiger partial charge is 0.314 e. The summed E-state index contributed by atoms with van der Waals surface area (Å²) in [5, 5.41) is 6.87. The number of rotatable bonds is 19. The second-order valence-electron chi connectivity index (χ2n) is 10.7. The van der Waals surface area contributed by atoms with Crippen LogP contribution in [0.5, 0.6) is 0 Å². The van der Waals surface area contributed by atoms with Crippen LogP contribution in [0.25, 0.3) is 22.2 Å². The maximum atomic E-state index is 11.6. The average Bonchev–Trinajstić information content (AvgIpc) is 3.07. The van der Waals surface area contributed by atoms with Crippen molar-refractivity contribution >= 4 is 46.1 Å². The van der Waals surface area contributed by atoms with Gasteiger partial charge in [0, 0.05) is 74.1 Å². The van der Waals surface area contributed by atoms with Crippen molar-refractivity contribution in [3.8, 4) is 11.3 Å². The summed E-state index contributed by atoms with van der Waals surface area (Å²) in [5.74, 6) is 0.103. The second kappa shape index (κ2) is 19.8. The zero-order valence-corrected chi connectivity index (χ0v) is 27.7. The van der Waals surface area contributed by atoms with Crippen LogP contribution >= 0.6 is 11.6 Å². The van der Waals surface area contributed by atoms with Gasteiger partial charge in [0.25, 0.3) is 5.95 Å². The van der Waals surface area contributed by atoms with E-state index in [9.17, 15) is 4.79 Å². The molecule has 1 saturated heterocycles. The molecule has 14 nitrogen and oxygen atoms in total. The van der Waals surface area contributed by atoms with Crippen molar-refractivity contribution in [3.05, 3.63) is 47.5 Å². The SMILES string of the molecule is CCOCCNC(=O)NCCOCCOCCOCCN1CCN(c2ccc(-c3nc(N=C(N)N)nc4ccc(Cl)cc34)cc2)CC1. The van der Waals surface area contributed by atoms with Crippen LogP contribution in [0.15, 0.2) is 47.5 Å². The van der Waals surface area contributed by atoms with Gasteiger partial charge in [0.2, 0.25) is 0 Å². The molecule has 0 unspecified atom stereocenters. The van der Waals surface area contributed by atoms with Crippen LogP contribution < -0.4 is 27.0 Å². The summed E-state index contributed by atoms with van der Waals surface area (Å²) >= 11 is 6.28. The quantitative estimate of drug-likeness (QED) is 0.0837. The van der Waals surface area contributed by atoms with Gasteiger partial charge in [-0.25, -0.2) is 14.8 Å². The molecule has 2 heterocycles. The van der Waals surface area contributed by atoms with E-state index in [2.05, 4.69) is 59.7 Å². The number of nitrogens with two attached hydrogens (primary N) is 2. The highest BCUT2D eigenvalue weighted by Crippen LogP contribution is 2.31. The van der Waals surface area contributed by atoms with Crippen molar-refractivity contribution in [2.24, 2.45) is 16.5 Å². The number of aromatic nitrogens is 2. The molecule has 0 spiro atoms. The Kier molecular flexibility index (Phi) is 15.2. The summed E-state index contributed by atoms with van der Waals surface area (Å²) in [6.45, 7) is 11.7. The first-order valence-corrected chi connectivity index (χ1v) is 16.3. The summed E-state index contributed by atoms with van der Waals surface area (Å²) in [7, 11) is 0. The fourth-order valence-corrected chi connectivity index (χ4v) is 5.12. The number of amides is 2. The zero-order valence-electron chi connectivity index (χ0n) is 27.0. The van der Waals surface area contributed by atoms with Crippen LogP contribution in [0.2, 0.25) is 5.02 Å². The summed E-state index contributed by atoms with van der Waals surface area (Å²) in [5.41, 5.74) is 14.6. The molecule has 2 amide bonds. The third-order valence-electron chi connectivity index (χ3n) is 7.32. The molecule has 1 aromatic heterocycles. The molecule has 0 aliphatic carbocycles. The number of aliphatic imine (C=N–C) groups is 1. The molecule has 2 aromatic carbocycles. The molecule has 1 fully saturated rings. The fraction of sp³-hybridized carbons (Fsp3) is 0.500. The number of anilines is 1. The van der Waals surface area contributed by atoms with E-state index < -0.39 is 0 Å². The van der Waals surface area contributed by atoms with Crippen molar-refractivity contribution in [1.82, 2.24) is 25.5 Å². The molecule has 0 saturated carbocycles. The number of halogens is 1. The topological polar surface area (TPSA) is 175 Å². The highest BCUT2D eigenvalue weighted by Gasteiger charge is 2.18. The minimum Gasteiger partial charge on any atom is -0.380 e. The predicted molar refractivity (Wildman–Crippen MR) is 184 cm³/mol. The van der Waals surface area contributed by atoms with Gasteiger partial charge < -0.3 is 45.9 Å². The summed E-state index contributed by atoms with van der Waals surface area (Å²) < 4.78 is 22.0. The molecular weight excluding hydrogens is 626 g/mol. The predicted octanol–water partition coefficient (Wildman–Crippen LogP) is 2.36. The fourth-order valence-electron chi connectivity index (χ4n) is 4.95. The lowest BCUT2D eigenvalue weighted by Gasteiger charge is -2.36. The zero-order chi connectivity index (χ0) is 33.3. The van der Waals surface area contributed by atoms with Gasteiger partial charge in [0.15, 0.2) is 5.96 Å². The molecule has 4 rings (SSSR count). The number of ether oxygens (including phenoxy) is 4. The van der Waals surface area contributed by atoms with Crippen LogP contribution in [0.4, 0.5) is 16.4 Å². The van der Waals surface area contributed by atoms with Crippen LogP contribution in [-0.4, -0.2) is 126 Å². The number of hydrogen-bond acceptors (Lipinski definition) is 10. The Hall–Kier alpha value is -3.79. The third kappa shape index (κ3) is 12.4. The number of carbonyl (C=O) groups excluding carboxylic acids is 1. The Morgan fingerprint density at radius 2 is 1.49 bits per heavy atom. The van der Waals surface area contributed by atoms with Crippen molar-refractivity contribution < 1.29 is 23.7 Å². The van der Waals surface area contributed by atoms with Crippen LogP contribution in [0, 0.1) is 0 Å². The molecule has 0 atom stereocenters. The lowest BCUT2D eigenvalue weighted by molar-refractivity contribution is 0.0111. The van der Waals surface area contributed by atoms with Gasteiger partial charge in [-0.3, -0.25) is 4.90 Å². The highest BCUT2D eigenvalue weighted by molar-refractivity contribution is 6.31. The number of benzene rings is 2. The highest BCUT2D eigenvalue weighted by atomic mass is 35.5. The van der Waals surface area contributed by atoms with E-state index in [0.717, 1.165) is 49.4 Å². The number of guanidine groups is 1. The molecule has 1 aliphatic rings. The Balaban J connectivity index is 1.08. The Morgan fingerprint density at radius 3 is 2.15 bits per heavy atom. The molecule has 0 bridgehead atoms. The first kappa shape index (κ1) is 36.1. The van der Waals surface area contributed by atoms with E-state index >= 15 is 0 Å². The van der Waals surface area contributed by atoms with E-state index in [0.29, 0.717) is 82.2 Å². The number of fused-ring (bicyclic) bond motifs is 1. The van der Waals surface area contributed by atoms with E-state index in [1.54, 1.807) is 6.07 Å². The van der Waals surface area contributed by atoms with Crippen molar-refractivity contribution in [2.75, 3.05) is 104 Å². The number of nitrogens with zero attached hydrogens (tertiary/aromatic N) is 5. The van der Waals surface area contributed by atoms with Gasteiger partial charge in [-0.2, -0.15) is 4.99 Å². The standard InChI is InChI=1S/C32H46ClN9O5/c1-2-44-16-9-36-32(43)37-10-17-45-19-21-47-22-20-46-18-15-41-11-13-42(14-12-41)26-6-3-24(4-7-26)29-27-23-25(33)5-8-28(27)38-31(39-29)40-30(34)35/h3-8,23H,2,9-22H2,1H3,(H2,36,37,43)(H4,34,35,38,39,40). The number of piperazine rings is 1. The van der Waals surface area contributed by atoms with Gasteiger partial charge in [-0.05, 0) is 37.3 Å². The van der Waals surface area contributed by atoms with E-state index in [1.807, 2.05) is 19.1 Å². The molecular formula is C32H46ClN9O5. The van der Waals surface area contributed by atoms with Gasteiger partial charge in [-0.15, -0.1) is 0 Å². The number of nitrogens with one attached hydrogen (secondary N) is 2. The Morgan fingerprint density at radius 1 is 0.851 bits per heavy atom. The first-order chi connectivity index (χ1) is 22.9. The number of hydrogen-bond donors (Lipinski definition) is 4. The van der Waals surface area contributed by atoms with Crippen molar-refractivity contribution in [1.29, 1.82) is 0 Å². The Labute approximate surface area is 280 Å². The minimum absolute atomic E-state index is 0.101. The average molecular weight is 672 g/mol. The summed E-state index contributed by atoms with van der Waals surface area (Å²) in [6, 6.07) is 13.6. The van der Waals surface area contributed by atoms with E-state index in [4.69, 9.17) is 42.0 Å². The van der Waals surface area contributed by atoms with Gasteiger partial charge in [-0.1, -0.05) is 23.7 Å². The van der Waals surface area contributed by atoms with E-state index in [1.165, 1.54) is 0 Å². The molecule has 6 N–H and O–H groups in total. The number of urea groups is 1. The lowest BCUT2D eigenvalue weighted by Crippen LogP contribution is -2.47. The minimum atomic E-state index is -0.226. The van der Waals surface area contributed by atoms with Gasteiger partial charge in [0.1, 0.15) is 0 Å². The molecule has 15 heteroatoms. The maximum Gasteiger partial charge on any atom is 0.314 e. The third-order valence-corrected chi connectivity index (χ3v) is 7.55.